The van der Waals surface area contributed by atoms with Gasteiger partial charge in [0.25, 0.3) is 0 Å². The predicted molar refractivity (Wildman–Crippen MR) is 82.6 cm³/mol. The van der Waals surface area contributed by atoms with E-state index in [0.717, 1.165) is 0 Å². The maximum absolute atomic E-state index is 11.7. The van der Waals surface area contributed by atoms with E-state index in [-0.39, 0.29) is 18.9 Å². The summed E-state index contributed by atoms with van der Waals surface area (Å²) in [5.41, 5.74) is 0.376. The van der Waals surface area contributed by atoms with Crippen LogP contribution < -0.4 is 0 Å². The van der Waals surface area contributed by atoms with Crippen LogP contribution in [0.3, 0.4) is 0 Å². The van der Waals surface area contributed by atoms with Crippen LogP contribution in [-0.2, 0) is 23.8 Å². The summed E-state index contributed by atoms with van der Waals surface area (Å²) in [6.45, 7) is 6.53. The molecule has 1 aliphatic rings. The first-order valence-corrected chi connectivity index (χ1v) is 7.86. The Bertz CT molecular complexity index is 473. The number of carbonyl (C=O) groups is 2. The van der Waals surface area contributed by atoms with Crippen molar-refractivity contribution in [3.8, 4) is 0 Å². The lowest BCUT2D eigenvalue weighted by Crippen LogP contribution is -2.59. The van der Waals surface area contributed by atoms with Gasteiger partial charge in [-0.2, -0.15) is 0 Å². The first kappa shape index (κ1) is 20.6. The van der Waals surface area contributed by atoms with Crippen molar-refractivity contribution in [2.24, 2.45) is 5.92 Å². The molecule has 0 aromatic rings. The van der Waals surface area contributed by atoms with Crippen LogP contribution in [0.25, 0.3) is 0 Å². The Kier molecular flexibility index (Phi) is 7.82. The largest absolute Gasteiger partial charge is 0.459 e. The molecule has 0 amide bonds. The van der Waals surface area contributed by atoms with Crippen molar-refractivity contribution in [2.75, 3.05) is 6.61 Å². The molecular formula is C16H26O8. The molecule has 0 unspecified atom stereocenters. The minimum Gasteiger partial charge on any atom is -0.459 e. The van der Waals surface area contributed by atoms with Gasteiger partial charge < -0.3 is 29.5 Å². The molecule has 1 aliphatic heterocycles. The third-order valence-corrected chi connectivity index (χ3v) is 3.62. The van der Waals surface area contributed by atoms with E-state index in [4.69, 9.17) is 14.2 Å². The van der Waals surface area contributed by atoms with Crippen molar-refractivity contribution in [2.45, 2.75) is 64.8 Å². The molecule has 1 saturated heterocycles. The van der Waals surface area contributed by atoms with Crippen LogP contribution in [0.2, 0.25) is 0 Å². The Morgan fingerprint density at radius 3 is 2.33 bits per heavy atom. The number of rotatable bonds is 6. The number of carbonyl (C=O) groups excluding carboxylic acids is 2. The van der Waals surface area contributed by atoms with Crippen LogP contribution in [0.5, 0.6) is 0 Å². The van der Waals surface area contributed by atoms with E-state index in [1.165, 1.54) is 0 Å². The molecule has 0 spiro atoms. The van der Waals surface area contributed by atoms with Gasteiger partial charge in [0.15, 0.2) is 0 Å². The highest BCUT2D eigenvalue weighted by atomic mass is 16.7. The van der Waals surface area contributed by atoms with Gasteiger partial charge in [0.05, 0.1) is 0 Å². The number of allylic oxidation sites excluding steroid dienone is 1. The molecule has 0 saturated carbocycles. The fraction of sp³-hybridized carbons (Fsp3) is 0.750. The molecule has 0 bridgehead atoms. The highest BCUT2D eigenvalue weighted by Crippen LogP contribution is 2.23. The second-order valence-corrected chi connectivity index (χ2v) is 6.17. The third kappa shape index (κ3) is 5.55. The Morgan fingerprint density at radius 2 is 1.79 bits per heavy atom. The molecule has 3 N–H and O–H groups in total. The molecule has 1 heterocycles. The van der Waals surface area contributed by atoms with Crippen molar-refractivity contribution < 1.29 is 39.1 Å². The van der Waals surface area contributed by atoms with Gasteiger partial charge >= 0.3 is 11.9 Å². The number of aliphatic hydroxyl groups is 3. The van der Waals surface area contributed by atoms with Crippen LogP contribution in [0.1, 0.15) is 34.1 Å². The Balaban J connectivity index is 2.69. The second-order valence-electron chi connectivity index (χ2n) is 6.17. The summed E-state index contributed by atoms with van der Waals surface area (Å²) in [6.07, 6.45) is -5.57. The summed E-state index contributed by atoms with van der Waals surface area (Å²) >= 11 is 0. The van der Waals surface area contributed by atoms with Gasteiger partial charge in [0.2, 0.25) is 6.29 Å². The highest BCUT2D eigenvalue weighted by molar-refractivity contribution is 5.87. The third-order valence-electron chi connectivity index (χ3n) is 3.62. The molecule has 0 radical (unpaired) electrons. The lowest BCUT2D eigenvalue weighted by Gasteiger charge is -2.39. The summed E-state index contributed by atoms with van der Waals surface area (Å²) < 4.78 is 15.3. The predicted octanol–water partition coefficient (Wildman–Crippen LogP) is -0.107. The minimum atomic E-state index is -1.60. The monoisotopic (exact) mass is 346 g/mol. The van der Waals surface area contributed by atoms with Crippen LogP contribution in [0, 0.1) is 5.92 Å². The average molecular weight is 346 g/mol. The fourth-order valence-electron chi connectivity index (χ4n) is 2.05. The van der Waals surface area contributed by atoms with E-state index in [9.17, 15) is 24.9 Å². The van der Waals surface area contributed by atoms with E-state index >= 15 is 0 Å². The van der Waals surface area contributed by atoms with Gasteiger partial charge in [-0.3, -0.25) is 4.79 Å². The smallest absolute Gasteiger partial charge is 0.333 e. The summed E-state index contributed by atoms with van der Waals surface area (Å²) in [7, 11) is 0. The quantitative estimate of drug-likeness (QED) is 0.450. The fourth-order valence-corrected chi connectivity index (χ4v) is 2.05. The maximum atomic E-state index is 11.7. The van der Waals surface area contributed by atoms with E-state index in [2.05, 4.69) is 0 Å². The molecule has 1 fully saturated rings. The summed E-state index contributed by atoms with van der Waals surface area (Å²) in [4.78, 5) is 23.3. The standard InChI is InChI=1S/C16H26O8/c1-5-9(4)15(21)22-7-10-12(18)13(19)14(20)16(23-10)24-11(17)6-8(2)3/h5,8,10,12-14,16,18-20H,6-7H2,1-4H3/b9-5+/t10-,12-,13+,14-,16+/m1/s1. The van der Waals surface area contributed by atoms with Crippen LogP contribution in [0.15, 0.2) is 11.6 Å². The van der Waals surface area contributed by atoms with Gasteiger partial charge in [-0.25, -0.2) is 4.79 Å². The zero-order valence-corrected chi connectivity index (χ0v) is 14.3. The summed E-state index contributed by atoms with van der Waals surface area (Å²) in [5.74, 6) is -1.14. The van der Waals surface area contributed by atoms with E-state index in [1.54, 1.807) is 19.9 Å². The lowest BCUT2D eigenvalue weighted by atomic mass is 9.99. The summed E-state index contributed by atoms with van der Waals surface area (Å²) in [5, 5.41) is 29.7. The number of aliphatic hydroxyl groups excluding tert-OH is 3. The SMILES string of the molecule is C/C=C(\C)C(=O)OC[C@H]1O[C@@H](OC(=O)CC(C)C)[C@H](O)[C@@H](O)[C@@H]1O. The zero-order chi connectivity index (χ0) is 18.4. The maximum Gasteiger partial charge on any atom is 0.333 e. The summed E-state index contributed by atoms with van der Waals surface area (Å²) in [6, 6.07) is 0. The Hall–Kier alpha value is -1.48. The molecule has 0 aliphatic carbocycles. The van der Waals surface area contributed by atoms with Gasteiger partial charge in [-0.15, -0.1) is 0 Å². The van der Waals surface area contributed by atoms with Gasteiger partial charge in [0.1, 0.15) is 31.0 Å². The molecule has 0 aromatic carbocycles. The Morgan fingerprint density at radius 1 is 1.17 bits per heavy atom. The zero-order valence-electron chi connectivity index (χ0n) is 14.3. The number of hydrogen-bond acceptors (Lipinski definition) is 8. The van der Waals surface area contributed by atoms with Gasteiger partial charge in [0, 0.05) is 12.0 Å². The second kappa shape index (κ2) is 9.12. The molecule has 24 heavy (non-hydrogen) atoms. The molecule has 8 heteroatoms. The number of hydrogen-bond donors (Lipinski definition) is 3. The highest BCUT2D eigenvalue weighted by Gasteiger charge is 2.46. The average Bonchev–Trinajstić information content (AvgIpc) is 2.52. The molecule has 5 atom stereocenters. The normalized spacial score (nSPS) is 31.0. The minimum absolute atomic E-state index is 0.0503. The lowest BCUT2D eigenvalue weighted by molar-refractivity contribution is -0.293. The first-order valence-electron chi connectivity index (χ1n) is 7.86. The topological polar surface area (TPSA) is 123 Å². The van der Waals surface area contributed by atoms with Gasteiger partial charge in [-0.05, 0) is 19.8 Å². The van der Waals surface area contributed by atoms with E-state index in [1.807, 2.05) is 13.8 Å². The van der Waals surface area contributed by atoms with Crippen LogP contribution in [-0.4, -0.2) is 64.6 Å². The van der Waals surface area contributed by atoms with Crippen molar-refractivity contribution in [3.05, 3.63) is 11.6 Å². The molecule has 0 aromatic heterocycles. The molecule has 8 nitrogen and oxygen atoms in total. The van der Waals surface area contributed by atoms with Crippen molar-refractivity contribution >= 4 is 11.9 Å². The number of esters is 2. The van der Waals surface area contributed by atoms with E-state index < -0.39 is 42.6 Å². The molecule has 138 valence electrons. The van der Waals surface area contributed by atoms with E-state index in [0.29, 0.717) is 5.57 Å². The molecular weight excluding hydrogens is 320 g/mol. The first-order chi connectivity index (χ1) is 11.2. The van der Waals surface area contributed by atoms with Crippen LogP contribution >= 0.6 is 0 Å². The Labute approximate surface area is 141 Å². The van der Waals surface area contributed by atoms with Gasteiger partial charge in [-0.1, -0.05) is 19.9 Å². The van der Waals surface area contributed by atoms with Crippen molar-refractivity contribution in [1.29, 1.82) is 0 Å². The van der Waals surface area contributed by atoms with Crippen molar-refractivity contribution in [1.82, 2.24) is 0 Å². The molecule has 1 rings (SSSR count). The van der Waals surface area contributed by atoms with Crippen molar-refractivity contribution in [3.63, 3.8) is 0 Å². The number of ether oxygens (including phenoxy) is 3. The van der Waals surface area contributed by atoms with Crippen LogP contribution in [0.4, 0.5) is 0 Å².